The molecule has 7 rings (SSSR count). The van der Waals surface area contributed by atoms with Crippen LogP contribution in [0.15, 0.2) is 60.8 Å². The minimum atomic E-state index is -4.72. The van der Waals surface area contributed by atoms with E-state index in [1.807, 2.05) is 30.3 Å². The van der Waals surface area contributed by atoms with Gasteiger partial charge in [0.05, 0.1) is 47.7 Å². The summed E-state index contributed by atoms with van der Waals surface area (Å²) in [7, 11) is 1.55. The Kier molecular flexibility index (Phi) is 7.66. The van der Waals surface area contributed by atoms with Gasteiger partial charge in [-0.15, -0.1) is 0 Å². The summed E-state index contributed by atoms with van der Waals surface area (Å²) in [6.07, 6.45) is -2.07. The lowest BCUT2D eigenvalue weighted by atomic mass is 10.1. The first-order valence-corrected chi connectivity index (χ1v) is 14.9. The van der Waals surface area contributed by atoms with Crippen molar-refractivity contribution in [2.24, 2.45) is 5.92 Å². The summed E-state index contributed by atoms with van der Waals surface area (Å²) in [6.45, 7) is 3.12. The fourth-order valence-electron chi connectivity index (χ4n) is 6.40. The van der Waals surface area contributed by atoms with Crippen molar-refractivity contribution in [1.82, 2.24) is 34.3 Å². The molecule has 2 aliphatic heterocycles. The Bertz CT molecular complexity index is 1850. The topological polar surface area (TPSA) is 101 Å². The Labute approximate surface area is 256 Å². The highest BCUT2D eigenvalue weighted by Gasteiger charge is 2.40. The second-order valence-electron chi connectivity index (χ2n) is 11.5. The monoisotopic (exact) mass is 619 g/mol. The summed E-state index contributed by atoms with van der Waals surface area (Å²) in [5.41, 5.74) is 2.60. The van der Waals surface area contributed by atoms with Crippen LogP contribution in [0.4, 0.5) is 13.2 Å². The second kappa shape index (κ2) is 11.8. The van der Waals surface area contributed by atoms with E-state index in [2.05, 4.69) is 19.9 Å². The van der Waals surface area contributed by atoms with Crippen LogP contribution < -0.4 is 4.74 Å². The van der Waals surface area contributed by atoms with Crippen molar-refractivity contribution in [3.05, 3.63) is 72.4 Å². The van der Waals surface area contributed by atoms with E-state index < -0.39 is 30.5 Å². The van der Waals surface area contributed by atoms with E-state index in [0.29, 0.717) is 55.1 Å². The summed E-state index contributed by atoms with van der Waals surface area (Å²) in [6, 6.07) is 15.5. The number of carbonyl (C=O) groups is 1. The highest BCUT2D eigenvalue weighted by molar-refractivity contribution is 5.85. The smallest absolute Gasteiger partial charge is 0.449 e. The lowest BCUT2D eigenvalue weighted by molar-refractivity contribution is -0.148. The van der Waals surface area contributed by atoms with Gasteiger partial charge in [-0.3, -0.25) is 9.69 Å². The van der Waals surface area contributed by atoms with Crippen LogP contribution in [0.1, 0.15) is 24.1 Å². The molecule has 10 nitrogen and oxygen atoms in total. The molecule has 2 atom stereocenters. The lowest BCUT2D eigenvalue weighted by Crippen LogP contribution is -2.52. The van der Waals surface area contributed by atoms with Crippen molar-refractivity contribution in [2.75, 3.05) is 46.5 Å². The van der Waals surface area contributed by atoms with Crippen LogP contribution in [0.5, 0.6) is 5.88 Å². The van der Waals surface area contributed by atoms with Crippen molar-refractivity contribution >= 4 is 27.8 Å². The normalized spacial score (nSPS) is 19.5. The number of hydrogen-bond acceptors (Lipinski definition) is 7. The molecule has 2 saturated heterocycles. The number of amides is 1. The zero-order chi connectivity index (χ0) is 31.1. The van der Waals surface area contributed by atoms with Crippen LogP contribution in [-0.2, 0) is 22.3 Å². The fraction of sp³-hybridized carbons (Fsp3) is 0.375. The number of rotatable bonds is 7. The van der Waals surface area contributed by atoms with Gasteiger partial charge in [0.15, 0.2) is 0 Å². The molecule has 0 aliphatic carbocycles. The van der Waals surface area contributed by atoms with Crippen LogP contribution in [0, 0.1) is 5.92 Å². The number of piperazine rings is 1. The summed E-state index contributed by atoms with van der Waals surface area (Å²) >= 11 is 0. The maximum Gasteiger partial charge on any atom is 0.449 e. The van der Waals surface area contributed by atoms with Gasteiger partial charge in [0.1, 0.15) is 18.4 Å². The molecule has 1 N–H and O–H groups in total. The van der Waals surface area contributed by atoms with Gasteiger partial charge in [-0.25, -0.2) is 15.0 Å². The predicted octanol–water partition coefficient (Wildman–Crippen LogP) is 4.92. The third-order valence-electron chi connectivity index (χ3n) is 8.61. The molecule has 45 heavy (non-hydrogen) atoms. The third-order valence-corrected chi connectivity index (χ3v) is 8.61. The van der Waals surface area contributed by atoms with Gasteiger partial charge in [-0.2, -0.15) is 13.2 Å². The molecule has 2 aliphatic rings. The van der Waals surface area contributed by atoms with Crippen LogP contribution >= 0.6 is 0 Å². The average molecular weight is 620 g/mol. The number of nitrogens with zero attached hydrogens (tertiary/aromatic N) is 6. The number of carbonyl (C=O) groups excluding carboxylic acids is 1. The number of para-hydroxylation sites is 3. The molecule has 234 valence electrons. The van der Waals surface area contributed by atoms with E-state index in [1.165, 1.54) is 6.07 Å². The molecule has 0 radical (unpaired) electrons. The number of methoxy groups -OCH3 is 1. The Morgan fingerprint density at radius 2 is 1.89 bits per heavy atom. The number of imidazole rings is 2. The molecule has 2 fully saturated rings. The number of benzene rings is 2. The van der Waals surface area contributed by atoms with Gasteiger partial charge in [0.25, 0.3) is 0 Å². The third kappa shape index (κ3) is 5.73. The second-order valence-corrected chi connectivity index (χ2v) is 11.5. The van der Waals surface area contributed by atoms with E-state index in [0.717, 1.165) is 35.0 Å². The predicted molar refractivity (Wildman–Crippen MR) is 160 cm³/mol. The Hall–Kier alpha value is -4.49. The van der Waals surface area contributed by atoms with E-state index in [9.17, 15) is 18.0 Å². The van der Waals surface area contributed by atoms with Gasteiger partial charge in [-0.1, -0.05) is 30.3 Å². The first-order chi connectivity index (χ1) is 21.8. The Morgan fingerprint density at radius 3 is 2.67 bits per heavy atom. The summed E-state index contributed by atoms with van der Waals surface area (Å²) in [5.74, 6) is -0.188. The van der Waals surface area contributed by atoms with Crippen LogP contribution in [0.2, 0.25) is 0 Å². The van der Waals surface area contributed by atoms with E-state index in [1.54, 1.807) is 36.4 Å². The van der Waals surface area contributed by atoms with Gasteiger partial charge in [-0.05, 0) is 36.6 Å². The molecule has 0 unspecified atom stereocenters. The van der Waals surface area contributed by atoms with Crippen molar-refractivity contribution in [3.63, 3.8) is 0 Å². The Morgan fingerprint density at radius 1 is 1.09 bits per heavy atom. The quantitative estimate of drug-likeness (QED) is 0.276. The minimum absolute atomic E-state index is 0.186. The van der Waals surface area contributed by atoms with Gasteiger partial charge < -0.3 is 23.9 Å². The molecular formula is C32H32F3N7O3. The highest BCUT2D eigenvalue weighted by Crippen LogP contribution is 2.35. The van der Waals surface area contributed by atoms with Crippen molar-refractivity contribution in [2.45, 2.75) is 25.2 Å². The van der Waals surface area contributed by atoms with E-state index in [-0.39, 0.29) is 11.0 Å². The van der Waals surface area contributed by atoms with Crippen molar-refractivity contribution in [3.8, 4) is 17.1 Å². The maximum absolute atomic E-state index is 14.0. The van der Waals surface area contributed by atoms with Gasteiger partial charge in [0, 0.05) is 38.2 Å². The van der Waals surface area contributed by atoms with Crippen molar-refractivity contribution in [1.29, 1.82) is 0 Å². The van der Waals surface area contributed by atoms with Gasteiger partial charge in [0.2, 0.25) is 17.6 Å². The number of halogens is 3. The Balaban J connectivity index is 1.22. The molecule has 2 aromatic carbocycles. The lowest BCUT2D eigenvalue weighted by Gasteiger charge is -2.41. The molecule has 1 amide bonds. The molecule has 5 aromatic rings. The molecule has 3 aromatic heterocycles. The van der Waals surface area contributed by atoms with E-state index >= 15 is 0 Å². The minimum Gasteiger partial charge on any atom is -0.480 e. The highest BCUT2D eigenvalue weighted by atomic mass is 19.4. The first kappa shape index (κ1) is 29.2. The first-order valence-electron chi connectivity index (χ1n) is 14.9. The number of pyridine rings is 1. The zero-order valence-electron chi connectivity index (χ0n) is 24.6. The van der Waals surface area contributed by atoms with Crippen molar-refractivity contribution < 1.29 is 27.4 Å². The molecule has 0 saturated carbocycles. The number of fused-ring (bicyclic) bond motifs is 2. The zero-order valence-corrected chi connectivity index (χ0v) is 24.6. The number of hydrogen-bond donors (Lipinski definition) is 1. The van der Waals surface area contributed by atoms with Crippen LogP contribution in [0.3, 0.4) is 0 Å². The van der Waals surface area contributed by atoms with Crippen LogP contribution in [-0.4, -0.2) is 86.7 Å². The SMILES string of the molecule is COc1nc2ccccc2cc1-c1cnc([C@@H]2CN(C[C@H]3CCOC3)CCN2C(=O)Cn2c(C(F)(F)F)nc3ccccc32)[nH]1. The number of aromatic amines is 1. The average Bonchev–Trinajstić information content (AvgIpc) is 3.81. The van der Waals surface area contributed by atoms with Gasteiger partial charge >= 0.3 is 6.18 Å². The molecular weight excluding hydrogens is 587 g/mol. The number of alkyl halides is 3. The summed E-state index contributed by atoms with van der Waals surface area (Å²) in [5, 5.41) is 0.928. The summed E-state index contributed by atoms with van der Waals surface area (Å²) in [4.78, 5) is 34.4. The van der Waals surface area contributed by atoms with E-state index in [4.69, 9.17) is 14.5 Å². The van der Waals surface area contributed by atoms with Crippen LogP contribution in [0.25, 0.3) is 33.2 Å². The number of nitrogens with one attached hydrogen (secondary N) is 1. The fourth-order valence-corrected chi connectivity index (χ4v) is 6.40. The number of H-pyrrole nitrogens is 1. The molecule has 5 heterocycles. The number of ether oxygens (including phenoxy) is 2. The number of aromatic nitrogens is 5. The molecule has 13 heteroatoms. The largest absolute Gasteiger partial charge is 0.480 e. The molecule has 0 spiro atoms. The summed E-state index contributed by atoms with van der Waals surface area (Å²) < 4.78 is 54.2. The maximum atomic E-state index is 14.0. The molecule has 0 bridgehead atoms. The standard InChI is InChI=1S/C32H32F3N7O3/c1-44-30-22(14-21-6-2-3-7-23(21)38-30)25-15-36-29(37-25)27-17-40(16-20-10-13-45-19-20)11-12-41(27)28(43)18-42-26-9-5-4-8-24(26)39-31(42)32(33,34)35/h2-9,14-15,20,27H,10-13,16-19H2,1H3,(H,36,37)/t20-,27+/m1/s1.